The Morgan fingerprint density at radius 2 is 1.00 bits per heavy atom. The van der Waals surface area contributed by atoms with Gasteiger partial charge in [-0.25, -0.2) is 0 Å². The molecule has 1 fully saturated rings. The standard InChI is InChI=1S/C24H44O4/c1-3-5-6-7-8-9-10-11-12-13-14-18-24(22(27)28)20-16-15-19-23(24,17-4-2)21(25)26/h3-20H2,1-2H3,(H,25,26)(H,27,28). The molecule has 1 aliphatic rings. The van der Waals surface area contributed by atoms with Gasteiger partial charge in [0.1, 0.15) is 0 Å². The van der Waals surface area contributed by atoms with Gasteiger partial charge in [-0.15, -0.1) is 0 Å². The number of aliphatic carboxylic acids is 2. The summed E-state index contributed by atoms with van der Waals surface area (Å²) in [6.07, 6.45) is 17.9. The molecule has 0 spiro atoms. The lowest BCUT2D eigenvalue weighted by Crippen LogP contribution is -2.54. The van der Waals surface area contributed by atoms with Crippen molar-refractivity contribution in [2.24, 2.45) is 10.8 Å². The average Bonchev–Trinajstić information content (AvgIpc) is 2.67. The average molecular weight is 397 g/mol. The maximum atomic E-state index is 12.3. The van der Waals surface area contributed by atoms with Crippen molar-refractivity contribution in [2.45, 2.75) is 129 Å². The van der Waals surface area contributed by atoms with E-state index in [2.05, 4.69) is 6.92 Å². The van der Waals surface area contributed by atoms with Gasteiger partial charge in [0.2, 0.25) is 0 Å². The minimum Gasteiger partial charge on any atom is -0.481 e. The molecule has 0 aromatic heterocycles. The first kappa shape index (κ1) is 25.0. The van der Waals surface area contributed by atoms with Gasteiger partial charge < -0.3 is 10.2 Å². The van der Waals surface area contributed by atoms with E-state index >= 15 is 0 Å². The van der Waals surface area contributed by atoms with Crippen molar-refractivity contribution in [1.82, 2.24) is 0 Å². The highest BCUT2D eigenvalue weighted by atomic mass is 16.4. The molecule has 0 radical (unpaired) electrons. The Bertz CT molecular complexity index is 458. The largest absolute Gasteiger partial charge is 0.481 e. The highest BCUT2D eigenvalue weighted by molar-refractivity contribution is 5.87. The normalized spacial score (nSPS) is 24.9. The van der Waals surface area contributed by atoms with Crippen LogP contribution in [-0.2, 0) is 9.59 Å². The van der Waals surface area contributed by atoms with Crippen molar-refractivity contribution >= 4 is 11.9 Å². The third-order valence-electron chi connectivity index (χ3n) is 7.08. The van der Waals surface area contributed by atoms with E-state index in [0.717, 1.165) is 38.5 Å². The maximum absolute atomic E-state index is 12.3. The zero-order chi connectivity index (χ0) is 20.9. The fourth-order valence-electron chi connectivity index (χ4n) is 5.42. The molecule has 2 atom stereocenters. The molecular formula is C24H44O4. The second-order valence-electron chi connectivity index (χ2n) is 9.02. The van der Waals surface area contributed by atoms with Crippen molar-refractivity contribution in [3.05, 3.63) is 0 Å². The highest BCUT2D eigenvalue weighted by Gasteiger charge is 2.60. The number of unbranched alkanes of at least 4 members (excludes halogenated alkanes) is 10. The van der Waals surface area contributed by atoms with Gasteiger partial charge in [0.05, 0.1) is 10.8 Å². The lowest BCUT2D eigenvalue weighted by atomic mass is 9.52. The Labute approximate surface area is 172 Å². The van der Waals surface area contributed by atoms with Crippen molar-refractivity contribution in [3.63, 3.8) is 0 Å². The van der Waals surface area contributed by atoms with Crippen LogP contribution in [0.5, 0.6) is 0 Å². The molecule has 0 saturated heterocycles. The Morgan fingerprint density at radius 1 is 0.607 bits per heavy atom. The fourth-order valence-corrected chi connectivity index (χ4v) is 5.42. The molecule has 0 aliphatic heterocycles. The van der Waals surface area contributed by atoms with E-state index in [1.165, 1.54) is 51.4 Å². The maximum Gasteiger partial charge on any atom is 0.310 e. The molecule has 1 rings (SSSR count). The number of hydrogen-bond acceptors (Lipinski definition) is 2. The molecule has 0 aromatic rings. The van der Waals surface area contributed by atoms with Gasteiger partial charge in [0, 0.05) is 0 Å². The van der Waals surface area contributed by atoms with Crippen LogP contribution in [0.3, 0.4) is 0 Å². The van der Waals surface area contributed by atoms with Gasteiger partial charge in [-0.2, -0.15) is 0 Å². The summed E-state index contributed by atoms with van der Waals surface area (Å²) in [7, 11) is 0. The highest BCUT2D eigenvalue weighted by Crippen LogP contribution is 2.56. The quantitative estimate of drug-likeness (QED) is 0.270. The summed E-state index contributed by atoms with van der Waals surface area (Å²) in [4.78, 5) is 24.5. The van der Waals surface area contributed by atoms with Crippen LogP contribution in [0.4, 0.5) is 0 Å². The lowest BCUT2D eigenvalue weighted by Gasteiger charge is -2.48. The molecule has 164 valence electrons. The second-order valence-corrected chi connectivity index (χ2v) is 9.02. The van der Waals surface area contributed by atoms with Gasteiger partial charge in [-0.1, -0.05) is 104 Å². The molecule has 4 nitrogen and oxygen atoms in total. The first-order chi connectivity index (χ1) is 13.5. The Kier molecular flexibility index (Phi) is 11.8. The van der Waals surface area contributed by atoms with E-state index in [9.17, 15) is 19.8 Å². The van der Waals surface area contributed by atoms with E-state index in [1.54, 1.807) is 0 Å². The summed E-state index contributed by atoms with van der Waals surface area (Å²) in [5.41, 5.74) is -2.16. The van der Waals surface area contributed by atoms with Crippen molar-refractivity contribution < 1.29 is 19.8 Å². The number of carboxylic acids is 2. The predicted molar refractivity (Wildman–Crippen MR) is 115 cm³/mol. The molecule has 1 aliphatic carbocycles. The minimum atomic E-state index is -1.08. The van der Waals surface area contributed by atoms with Crippen LogP contribution in [0.2, 0.25) is 0 Å². The van der Waals surface area contributed by atoms with Gasteiger partial charge in [-0.05, 0) is 25.7 Å². The summed E-state index contributed by atoms with van der Waals surface area (Å²) in [6.45, 7) is 4.21. The molecule has 0 heterocycles. The van der Waals surface area contributed by atoms with Crippen LogP contribution >= 0.6 is 0 Å². The first-order valence-electron chi connectivity index (χ1n) is 11.9. The monoisotopic (exact) mass is 396 g/mol. The zero-order valence-corrected chi connectivity index (χ0v) is 18.4. The molecule has 2 unspecified atom stereocenters. The fraction of sp³-hybridized carbons (Fsp3) is 0.917. The van der Waals surface area contributed by atoms with E-state index in [1.807, 2.05) is 6.92 Å². The molecule has 4 heteroatoms. The van der Waals surface area contributed by atoms with Crippen LogP contribution in [0, 0.1) is 10.8 Å². The summed E-state index contributed by atoms with van der Waals surface area (Å²) in [5.74, 6) is -1.77. The summed E-state index contributed by atoms with van der Waals surface area (Å²) >= 11 is 0. The first-order valence-corrected chi connectivity index (χ1v) is 11.9. The van der Waals surface area contributed by atoms with Crippen LogP contribution in [0.15, 0.2) is 0 Å². The third kappa shape index (κ3) is 6.49. The lowest BCUT2D eigenvalue weighted by molar-refractivity contribution is -0.182. The van der Waals surface area contributed by atoms with Crippen LogP contribution in [-0.4, -0.2) is 22.2 Å². The molecule has 0 bridgehead atoms. The molecular weight excluding hydrogens is 352 g/mol. The molecule has 1 saturated carbocycles. The molecule has 0 aromatic carbocycles. The smallest absolute Gasteiger partial charge is 0.310 e. The predicted octanol–water partition coefficient (Wildman–Crippen LogP) is 7.20. The Morgan fingerprint density at radius 3 is 1.39 bits per heavy atom. The number of hydrogen-bond donors (Lipinski definition) is 2. The van der Waals surface area contributed by atoms with Crippen molar-refractivity contribution in [1.29, 1.82) is 0 Å². The zero-order valence-electron chi connectivity index (χ0n) is 18.4. The van der Waals surface area contributed by atoms with E-state index in [-0.39, 0.29) is 0 Å². The van der Waals surface area contributed by atoms with Gasteiger partial charge in [0.15, 0.2) is 0 Å². The number of rotatable bonds is 16. The summed E-state index contributed by atoms with van der Waals surface area (Å²) < 4.78 is 0. The Balaban J connectivity index is 2.47. The second kappa shape index (κ2) is 13.2. The summed E-state index contributed by atoms with van der Waals surface area (Å²) in [5, 5.41) is 20.1. The van der Waals surface area contributed by atoms with Gasteiger partial charge in [-0.3, -0.25) is 9.59 Å². The SMILES string of the molecule is CCCCCCCCCCCCCC1(C(=O)O)CCCCC1(CCC)C(=O)O. The number of carboxylic acid groups (broad SMARTS) is 2. The van der Waals surface area contributed by atoms with Crippen molar-refractivity contribution in [2.75, 3.05) is 0 Å². The van der Waals surface area contributed by atoms with E-state index < -0.39 is 22.8 Å². The van der Waals surface area contributed by atoms with E-state index in [0.29, 0.717) is 25.7 Å². The number of carbonyl (C=O) groups is 2. The van der Waals surface area contributed by atoms with Crippen LogP contribution in [0.1, 0.15) is 129 Å². The molecule has 0 amide bonds. The van der Waals surface area contributed by atoms with Gasteiger partial charge >= 0.3 is 11.9 Å². The topological polar surface area (TPSA) is 74.6 Å². The Hall–Kier alpha value is -1.06. The van der Waals surface area contributed by atoms with Crippen LogP contribution in [0.25, 0.3) is 0 Å². The van der Waals surface area contributed by atoms with Crippen LogP contribution < -0.4 is 0 Å². The van der Waals surface area contributed by atoms with E-state index in [4.69, 9.17) is 0 Å². The molecule has 2 N–H and O–H groups in total. The van der Waals surface area contributed by atoms with Gasteiger partial charge in [0.25, 0.3) is 0 Å². The molecule has 28 heavy (non-hydrogen) atoms. The minimum absolute atomic E-state index is 0.479. The third-order valence-corrected chi connectivity index (χ3v) is 7.08. The van der Waals surface area contributed by atoms with Crippen molar-refractivity contribution in [3.8, 4) is 0 Å². The summed E-state index contributed by atoms with van der Waals surface area (Å²) in [6, 6.07) is 0.